The van der Waals surface area contributed by atoms with Crippen LogP contribution in [0, 0.1) is 0 Å². The Labute approximate surface area is 265 Å². The average Bonchev–Trinajstić information content (AvgIpc) is 3.04. The second-order valence-corrected chi connectivity index (χ2v) is 10.9. The van der Waals surface area contributed by atoms with E-state index in [2.05, 4.69) is 6.58 Å². The third-order valence-electron chi connectivity index (χ3n) is 7.03. The Kier molecular flexibility index (Phi) is 14.6. The van der Waals surface area contributed by atoms with Gasteiger partial charge in [0.25, 0.3) is 0 Å². The number of carbonyl (C=O) groups excluding carboxylic acids is 4. The molecule has 8 heteroatoms. The van der Waals surface area contributed by atoms with Gasteiger partial charge in [-0.1, -0.05) is 75.4 Å². The number of ether oxygens (including phenoxy) is 4. The van der Waals surface area contributed by atoms with E-state index in [1.807, 2.05) is 30.3 Å². The van der Waals surface area contributed by atoms with Crippen LogP contribution < -0.4 is 9.47 Å². The Hall–Kier alpha value is -4.72. The Morgan fingerprint density at radius 1 is 0.644 bits per heavy atom. The zero-order valence-corrected chi connectivity index (χ0v) is 26.1. The molecule has 8 nitrogen and oxygen atoms in total. The Morgan fingerprint density at radius 2 is 1.16 bits per heavy atom. The highest BCUT2D eigenvalue weighted by molar-refractivity contribution is 5.94. The van der Waals surface area contributed by atoms with Gasteiger partial charge in [0.2, 0.25) is 0 Å². The molecule has 3 aromatic rings. The van der Waals surface area contributed by atoms with Crippen molar-refractivity contribution in [2.24, 2.45) is 0 Å². The summed E-state index contributed by atoms with van der Waals surface area (Å²) in [6.07, 6.45) is 7.88. The summed E-state index contributed by atoms with van der Waals surface area (Å²) in [6, 6.07) is 21.8. The van der Waals surface area contributed by atoms with E-state index in [1.54, 1.807) is 38.1 Å². The third-order valence-corrected chi connectivity index (χ3v) is 7.03. The molecule has 0 N–H and O–H groups in total. The summed E-state index contributed by atoms with van der Waals surface area (Å²) in [5.74, 6) is -1.03. The monoisotopic (exact) mass is 614 g/mol. The molecule has 45 heavy (non-hydrogen) atoms. The highest BCUT2D eigenvalue weighted by atomic mass is 16.5. The predicted octanol–water partition coefficient (Wildman–Crippen LogP) is 8.36. The van der Waals surface area contributed by atoms with Crippen molar-refractivity contribution < 1.29 is 38.1 Å². The first-order valence-corrected chi connectivity index (χ1v) is 15.4. The van der Waals surface area contributed by atoms with E-state index in [0.29, 0.717) is 35.7 Å². The van der Waals surface area contributed by atoms with E-state index in [9.17, 15) is 19.2 Å². The molecule has 238 valence electrons. The fraction of sp³-hybridized carbons (Fsp3) is 0.351. The minimum atomic E-state index is -0.582. The maximum absolute atomic E-state index is 12.6. The number of unbranched alkanes of at least 4 members (excludes halogenated alkanes) is 7. The number of rotatable bonds is 18. The van der Waals surface area contributed by atoms with Crippen LogP contribution in [0.5, 0.6) is 11.5 Å². The summed E-state index contributed by atoms with van der Waals surface area (Å²) in [5, 5.41) is 0. The van der Waals surface area contributed by atoms with Crippen LogP contribution in [0.1, 0.15) is 104 Å². The van der Waals surface area contributed by atoms with Gasteiger partial charge in [0.05, 0.1) is 17.7 Å². The lowest BCUT2D eigenvalue weighted by molar-refractivity contribution is -0.139. The van der Waals surface area contributed by atoms with Gasteiger partial charge in [0.15, 0.2) is 0 Å². The van der Waals surface area contributed by atoms with Crippen molar-refractivity contribution in [2.75, 3.05) is 6.61 Å². The van der Waals surface area contributed by atoms with Crippen molar-refractivity contribution in [1.82, 2.24) is 0 Å². The molecule has 0 heterocycles. The van der Waals surface area contributed by atoms with E-state index in [4.69, 9.17) is 18.9 Å². The van der Waals surface area contributed by atoms with E-state index in [1.165, 1.54) is 24.3 Å². The SMILES string of the molecule is C=C(C)C(=O)OCCCCCCCCCCC(=O)Oc1ccc(OC(=O)c2ccc(C(=O)O[C@@H](C)c3ccccc3)cc2)cc1. The number of hydrogen-bond donors (Lipinski definition) is 0. The van der Waals surface area contributed by atoms with Gasteiger partial charge in [-0.25, -0.2) is 14.4 Å². The number of benzene rings is 3. The molecule has 0 spiro atoms. The van der Waals surface area contributed by atoms with Gasteiger partial charge >= 0.3 is 23.9 Å². The van der Waals surface area contributed by atoms with Crippen LogP contribution in [0.2, 0.25) is 0 Å². The number of carbonyl (C=O) groups is 4. The first-order chi connectivity index (χ1) is 21.7. The second kappa shape index (κ2) is 18.8. The molecule has 0 bridgehead atoms. The molecule has 0 aliphatic rings. The highest BCUT2D eigenvalue weighted by Crippen LogP contribution is 2.21. The van der Waals surface area contributed by atoms with Gasteiger partial charge in [0.1, 0.15) is 17.6 Å². The Bertz CT molecular complexity index is 1390. The predicted molar refractivity (Wildman–Crippen MR) is 171 cm³/mol. The highest BCUT2D eigenvalue weighted by Gasteiger charge is 2.15. The zero-order chi connectivity index (χ0) is 32.4. The third kappa shape index (κ3) is 12.8. The van der Waals surface area contributed by atoms with E-state index >= 15 is 0 Å². The summed E-state index contributed by atoms with van der Waals surface area (Å²) >= 11 is 0. The molecule has 0 aliphatic carbocycles. The molecule has 3 aromatic carbocycles. The molecule has 0 fully saturated rings. The topological polar surface area (TPSA) is 105 Å². The summed E-state index contributed by atoms with van der Waals surface area (Å²) in [4.78, 5) is 48.6. The van der Waals surface area contributed by atoms with Crippen molar-refractivity contribution >= 4 is 23.9 Å². The fourth-order valence-corrected chi connectivity index (χ4v) is 4.41. The molecule has 0 saturated heterocycles. The minimum absolute atomic E-state index is 0.278. The van der Waals surface area contributed by atoms with Gasteiger partial charge in [-0.15, -0.1) is 0 Å². The number of hydrogen-bond acceptors (Lipinski definition) is 8. The molecule has 0 amide bonds. The quantitative estimate of drug-likeness (QED) is 0.0609. The summed E-state index contributed by atoms with van der Waals surface area (Å²) < 4.78 is 21.4. The smallest absolute Gasteiger partial charge is 0.343 e. The van der Waals surface area contributed by atoms with Crippen LogP contribution in [-0.4, -0.2) is 30.5 Å². The lowest BCUT2D eigenvalue weighted by atomic mass is 10.1. The molecule has 0 aromatic heterocycles. The van der Waals surface area contributed by atoms with Gasteiger partial charge in [-0.2, -0.15) is 0 Å². The van der Waals surface area contributed by atoms with Crippen molar-refractivity contribution in [3.8, 4) is 11.5 Å². The summed E-state index contributed by atoms with van der Waals surface area (Å²) in [7, 11) is 0. The largest absolute Gasteiger partial charge is 0.462 e. The van der Waals surface area contributed by atoms with Crippen LogP contribution in [0.25, 0.3) is 0 Å². The maximum Gasteiger partial charge on any atom is 0.343 e. The molecule has 0 aliphatic heterocycles. The van der Waals surface area contributed by atoms with E-state index in [-0.39, 0.29) is 17.5 Å². The van der Waals surface area contributed by atoms with Gasteiger partial charge < -0.3 is 18.9 Å². The van der Waals surface area contributed by atoms with Crippen molar-refractivity contribution in [1.29, 1.82) is 0 Å². The molecule has 0 unspecified atom stereocenters. The van der Waals surface area contributed by atoms with Crippen molar-refractivity contribution in [3.05, 3.63) is 108 Å². The van der Waals surface area contributed by atoms with Gasteiger partial charge in [-0.05, 0) is 80.8 Å². The lowest BCUT2D eigenvalue weighted by Gasteiger charge is -2.13. The Balaban J connectivity index is 1.29. The average molecular weight is 615 g/mol. The first-order valence-electron chi connectivity index (χ1n) is 15.4. The molecular formula is C37H42O8. The van der Waals surface area contributed by atoms with Crippen LogP contribution in [0.4, 0.5) is 0 Å². The van der Waals surface area contributed by atoms with Gasteiger partial charge in [0, 0.05) is 12.0 Å². The molecule has 0 radical (unpaired) electrons. The minimum Gasteiger partial charge on any atom is -0.462 e. The molecule has 0 saturated carbocycles. The van der Waals surface area contributed by atoms with Crippen LogP contribution >= 0.6 is 0 Å². The number of esters is 4. The Morgan fingerprint density at radius 3 is 1.73 bits per heavy atom. The zero-order valence-electron chi connectivity index (χ0n) is 26.1. The summed E-state index contributed by atoms with van der Waals surface area (Å²) in [5.41, 5.74) is 1.92. The normalized spacial score (nSPS) is 11.2. The summed E-state index contributed by atoms with van der Waals surface area (Å²) in [6.45, 7) is 7.44. The van der Waals surface area contributed by atoms with E-state index in [0.717, 1.165) is 56.9 Å². The van der Waals surface area contributed by atoms with Crippen LogP contribution in [0.15, 0.2) is 91.0 Å². The molecule has 1 atom stereocenters. The van der Waals surface area contributed by atoms with Crippen molar-refractivity contribution in [2.45, 2.75) is 77.7 Å². The van der Waals surface area contributed by atoms with Crippen molar-refractivity contribution in [3.63, 3.8) is 0 Å². The van der Waals surface area contributed by atoms with Crippen LogP contribution in [-0.2, 0) is 19.1 Å². The van der Waals surface area contributed by atoms with Gasteiger partial charge in [-0.3, -0.25) is 4.79 Å². The van der Waals surface area contributed by atoms with E-state index < -0.39 is 18.0 Å². The standard InChI is InChI=1S/C37H42O8/c1-27(2)35(39)42-26-14-9-7-5-4-6-8-13-17-34(38)44-32-22-24-33(25-23-32)45-37(41)31-20-18-30(19-21-31)36(40)43-28(3)29-15-11-10-12-16-29/h10-12,15-16,18-25,28H,1,4-9,13-14,17,26H2,2-3H3/t28-/m0/s1. The fourth-order valence-electron chi connectivity index (χ4n) is 4.41. The molecular weight excluding hydrogens is 572 g/mol. The first kappa shape index (κ1) is 34.8. The lowest BCUT2D eigenvalue weighted by Crippen LogP contribution is -2.11. The molecule has 3 rings (SSSR count). The van der Waals surface area contributed by atoms with Crippen LogP contribution in [0.3, 0.4) is 0 Å². The maximum atomic E-state index is 12.6. The second-order valence-electron chi connectivity index (χ2n) is 10.9.